The highest BCUT2D eigenvalue weighted by atomic mass is 32.1. The molecule has 1 saturated carbocycles. The van der Waals surface area contributed by atoms with Gasteiger partial charge >= 0.3 is 0 Å². The zero-order chi connectivity index (χ0) is 13.8. The van der Waals surface area contributed by atoms with Gasteiger partial charge in [-0.3, -0.25) is 4.79 Å². The second-order valence-corrected chi connectivity index (χ2v) is 6.50. The quantitative estimate of drug-likeness (QED) is 0.923. The Bertz CT molecular complexity index is 430. The lowest BCUT2D eigenvalue weighted by molar-refractivity contribution is -0.125. The molecule has 1 unspecified atom stereocenters. The first-order chi connectivity index (χ1) is 9.83. The van der Waals surface area contributed by atoms with E-state index in [9.17, 15) is 4.79 Å². The molecule has 5 nitrogen and oxygen atoms in total. The second-order valence-electron chi connectivity index (χ2n) is 5.95. The van der Waals surface area contributed by atoms with Crippen LogP contribution in [0.3, 0.4) is 0 Å². The SMILES string of the molecule is O=C(NCC1CCCN(c2cnsn2)C1)C1CCCC1. The van der Waals surface area contributed by atoms with Gasteiger partial charge in [0.15, 0.2) is 5.82 Å². The third-order valence-electron chi connectivity index (χ3n) is 4.48. The van der Waals surface area contributed by atoms with Crippen molar-refractivity contribution in [3.63, 3.8) is 0 Å². The molecule has 1 saturated heterocycles. The largest absolute Gasteiger partial charge is 0.356 e. The number of hydrogen-bond acceptors (Lipinski definition) is 5. The maximum absolute atomic E-state index is 12.1. The summed E-state index contributed by atoms with van der Waals surface area (Å²) in [5, 5.41) is 3.16. The summed E-state index contributed by atoms with van der Waals surface area (Å²) < 4.78 is 8.37. The van der Waals surface area contributed by atoms with Gasteiger partial charge in [0.25, 0.3) is 0 Å². The molecule has 2 aliphatic rings. The second kappa shape index (κ2) is 6.52. The third-order valence-corrected chi connectivity index (χ3v) is 4.95. The van der Waals surface area contributed by atoms with Gasteiger partial charge in [0, 0.05) is 25.6 Å². The molecule has 1 aliphatic heterocycles. The molecule has 3 rings (SSSR count). The third kappa shape index (κ3) is 3.29. The van der Waals surface area contributed by atoms with Crippen molar-refractivity contribution in [1.29, 1.82) is 0 Å². The Morgan fingerprint density at radius 2 is 2.20 bits per heavy atom. The summed E-state index contributed by atoms with van der Waals surface area (Å²) in [5.41, 5.74) is 0. The Labute approximate surface area is 124 Å². The maximum Gasteiger partial charge on any atom is 0.223 e. The molecule has 0 spiro atoms. The highest BCUT2D eigenvalue weighted by Gasteiger charge is 2.25. The molecule has 1 N–H and O–H groups in total. The van der Waals surface area contributed by atoms with E-state index in [0.717, 1.165) is 38.3 Å². The van der Waals surface area contributed by atoms with Crippen molar-refractivity contribution in [2.24, 2.45) is 11.8 Å². The molecule has 1 amide bonds. The molecular weight excluding hydrogens is 272 g/mol. The monoisotopic (exact) mass is 294 g/mol. The van der Waals surface area contributed by atoms with Crippen LogP contribution in [0.25, 0.3) is 0 Å². The summed E-state index contributed by atoms with van der Waals surface area (Å²) in [4.78, 5) is 14.3. The molecule has 2 fully saturated rings. The van der Waals surface area contributed by atoms with E-state index in [1.54, 1.807) is 0 Å². The summed E-state index contributed by atoms with van der Waals surface area (Å²) in [6.07, 6.45) is 8.78. The molecule has 0 aromatic carbocycles. The van der Waals surface area contributed by atoms with Crippen LogP contribution in [0.4, 0.5) is 5.82 Å². The van der Waals surface area contributed by atoms with Crippen LogP contribution >= 0.6 is 11.7 Å². The lowest BCUT2D eigenvalue weighted by atomic mass is 9.97. The Balaban J connectivity index is 1.46. The highest BCUT2D eigenvalue weighted by Crippen LogP contribution is 2.25. The van der Waals surface area contributed by atoms with E-state index < -0.39 is 0 Å². The van der Waals surface area contributed by atoms with E-state index in [1.165, 1.54) is 37.4 Å². The average molecular weight is 294 g/mol. The van der Waals surface area contributed by atoms with Crippen LogP contribution in [0.2, 0.25) is 0 Å². The van der Waals surface area contributed by atoms with Gasteiger partial charge in [-0.25, -0.2) is 0 Å². The summed E-state index contributed by atoms with van der Waals surface area (Å²) in [6.45, 7) is 2.85. The van der Waals surface area contributed by atoms with Gasteiger partial charge in [-0.2, -0.15) is 8.75 Å². The zero-order valence-corrected chi connectivity index (χ0v) is 12.6. The normalized spacial score (nSPS) is 24.0. The van der Waals surface area contributed by atoms with E-state index in [1.807, 2.05) is 6.20 Å². The minimum absolute atomic E-state index is 0.273. The average Bonchev–Trinajstić information content (AvgIpc) is 3.17. The van der Waals surface area contributed by atoms with Gasteiger partial charge in [0.2, 0.25) is 5.91 Å². The predicted octanol–water partition coefficient (Wildman–Crippen LogP) is 2.06. The molecule has 2 heterocycles. The number of aromatic nitrogens is 2. The Morgan fingerprint density at radius 3 is 2.95 bits per heavy atom. The van der Waals surface area contributed by atoms with Gasteiger partial charge < -0.3 is 10.2 Å². The topological polar surface area (TPSA) is 58.1 Å². The van der Waals surface area contributed by atoms with Crippen LogP contribution in [0.5, 0.6) is 0 Å². The lowest BCUT2D eigenvalue weighted by Gasteiger charge is -2.32. The first-order valence-corrected chi connectivity index (χ1v) is 8.36. The number of carbonyl (C=O) groups is 1. The maximum atomic E-state index is 12.1. The molecule has 1 aromatic heterocycles. The van der Waals surface area contributed by atoms with E-state index in [4.69, 9.17) is 0 Å². The molecule has 0 radical (unpaired) electrons. The standard InChI is InChI=1S/C14H22N4OS/c19-14(12-5-1-2-6-12)15-8-11-4-3-7-18(10-11)13-9-16-20-17-13/h9,11-12H,1-8,10H2,(H,15,19). The minimum Gasteiger partial charge on any atom is -0.356 e. The number of rotatable bonds is 4. The van der Waals surface area contributed by atoms with Crippen molar-refractivity contribution >= 4 is 23.5 Å². The van der Waals surface area contributed by atoms with Crippen molar-refractivity contribution in [2.45, 2.75) is 38.5 Å². The fraction of sp³-hybridized carbons (Fsp3) is 0.786. The van der Waals surface area contributed by atoms with Gasteiger partial charge in [-0.05, 0) is 31.6 Å². The van der Waals surface area contributed by atoms with E-state index >= 15 is 0 Å². The van der Waals surface area contributed by atoms with Gasteiger partial charge in [-0.15, -0.1) is 0 Å². The molecule has 110 valence electrons. The minimum atomic E-state index is 0.273. The van der Waals surface area contributed by atoms with Crippen LogP contribution in [0, 0.1) is 11.8 Å². The Hall–Kier alpha value is -1.17. The first-order valence-electron chi connectivity index (χ1n) is 7.63. The smallest absolute Gasteiger partial charge is 0.223 e. The van der Waals surface area contributed by atoms with Crippen LogP contribution in [0.15, 0.2) is 6.20 Å². The van der Waals surface area contributed by atoms with Crippen molar-refractivity contribution in [3.05, 3.63) is 6.20 Å². The van der Waals surface area contributed by atoms with Gasteiger partial charge in [-0.1, -0.05) is 12.8 Å². The van der Waals surface area contributed by atoms with Crippen LogP contribution in [-0.4, -0.2) is 34.3 Å². The first kappa shape index (κ1) is 13.8. The fourth-order valence-electron chi connectivity index (χ4n) is 3.32. The predicted molar refractivity (Wildman–Crippen MR) is 79.8 cm³/mol. The number of nitrogens with zero attached hydrogens (tertiary/aromatic N) is 3. The van der Waals surface area contributed by atoms with Crippen molar-refractivity contribution in [2.75, 3.05) is 24.5 Å². The van der Waals surface area contributed by atoms with Crippen LogP contribution in [-0.2, 0) is 4.79 Å². The van der Waals surface area contributed by atoms with Gasteiger partial charge in [0.05, 0.1) is 17.9 Å². The number of nitrogens with one attached hydrogen (secondary N) is 1. The fourth-order valence-corrected chi connectivity index (χ4v) is 3.75. The summed E-state index contributed by atoms with van der Waals surface area (Å²) in [7, 11) is 0. The Morgan fingerprint density at radius 1 is 1.35 bits per heavy atom. The van der Waals surface area contributed by atoms with Crippen LogP contribution < -0.4 is 10.2 Å². The van der Waals surface area contributed by atoms with E-state index in [2.05, 4.69) is 19.0 Å². The number of anilines is 1. The highest BCUT2D eigenvalue weighted by molar-refractivity contribution is 6.99. The number of amides is 1. The molecule has 0 bridgehead atoms. The number of carbonyl (C=O) groups excluding carboxylic acids is 1. The summed E-state index contributed by atoms with van der Waals surface area (Å²) >= 11 is 1.26. The molecule has 1 aliphatic carbocycles. The molecule has 1 atom stereocenters. The van der Waals surface area contributed by atoms with Crippen LogP contribution in [0.1, 0.15) is 38.5 Å². The van der Waals surface area contributed by atoms with Gasteiger partial charge in [0.1, 0.15) is 0 Å². The number of hydrogen-bond donors (Lipinski definition) is 1. The van der Waals surface area contributed by atoms with Crippen molar-refractivity contribution in [3.8, 4) is 0 Å². The van der Waals surface area contributed by atoms with Crippen molar-refractivity contribution < 1.29 is 4.79 Å². The molecular formula is C14H22N4OS. The Kier molecular flexibility index (Phi) is 4.50. The summed E-state index contributed by atoms with van der Waals surface area (Å²) in [5.74, 6) is 2.07. The van der Waals surface area contributed by atoms with Crippen molar-refractivity contribution in [1.82, 2.24) is 14.1 Å². The zero-order valence-electron chi connectivity index (χ0n) is 11.8. The molecule has 6 heteroatoms. The summed E-state index contributed by atoms with van der Waals surface area (Å²) in [6, 6.07) is 0. The lowest BCUT2D eigenvalue weighted by Crippen LogP contribution is -2.42. The molecule has 1 aromatic rings. The molecule has 20 heavy (non-hydrogen) atoms. The number of piperidine rings is 1. The van der Waals surface area contributed by atoms with E-state index in [0.29, 0.717) is 5.92 Å². The van der Waals surface area contributed by atoms with E-state index in [-0.39, 0.29) is 11.8 Å².